The third kappa shape index (κ3) is 5.64. The molecule has 1 saturated heterocycles. The van der Waals surface area contributed by atoms with Crippen molar-refractivity contribution >= 4 is 48.6 Å². The summed E-state index contributed by atoms with van der Waals surface area (Å²) in [6.45, 7) is 4.32. The van der Waals surface area contributed by atoms with Crippen LogP contribution in [0.4, 0.5) is 5.13 Å². The van der Waals surface area contributed by atoms with Crippen LogP contribution in [0.15, 0.2) is 47.4 Å². The van der Waals surface area contributed by atoms with E-state index < -0.39 is 10.0 Å². The molecule has 0 atom stereocenters. The summed E-state index contributed by atoms with van der Waals surface area (Å²) in [5.74, 6) is -0.526. The molecule has 0 aliphatic carbocycles. The van der Waals surface area contributed by atoms with Crippen molar-refractivity contribution in [3.8, 4) is 6.07 Å². The molecule has 2 aromatic carbocycles. The van der Waals surface area contributed by atoms with Crippen molar-refractivity contribution < 1.29 is 22.7 Å². The first-order chi connectivity index (χ1) is 17.3. The number of piperazine rings is 1. The molecule has 1 aliphatic rings. The van der Waals surface area contributed by atoms with Gasteiger partial charge in [-0.05, 0) is 49.4 Å². The average Bonchev–Trinajstić information content (AvgIpc) is 3.32. The van der Waals surface area contributed by atoms with Crippen LogP contribution in [0.5, 0.6) is 0 Å². The number of amides is 1. The molecule has 0 spiro atoms. The molecule has 4 rings (SSSR count). The number of nitrogens with one attached hydrogen (secondary N) is 1. The standard InChI is InChI=1S/C24H25N5O5S2/c1-2-34-23(31)18-6-9-20-21(16-18)35-24(27-20)29-14-12-28(13-15-29)22(30)17-4-7-19(8-5-17)36(32,33)26-11-3-10-25/h4-9,16,26H,2-3,11-15H2,1H3. The second kappa shape index (κ2) is 11.0. The first-order valence-corrected chi connectivity index (χ1v) is 13.7. The van der Waals surface area contributed by atoms with E-state index in [-0.39, 0.29) is 29.7 Å². The molecular formula is C24H25N5O5S2. The van der Waals surface area contributed by atoms with Crippen LogP contribution in [-0.4, -0.2) is 69.5 Å². The van der Waals surface area contributed by atoms with Gasteiger partial charge in [-0.2, -0.15) is 5.26 Å². The molecule has 2 heterocycles. The molecule has 0 unspecified atom stereocenters. The number of sulfonamides is 1. The zero-order chi connectivity index (χ0) is 25.7. The molecule has 0 bridgehead atoms. The van der Waals surface area contributed by atoms with Crippen LogP contribution < -0.4 is 9.62 Å². The predicted octanol–water partition coefficient (Wildman–Crippen LogP) is 2.63. The Hall–Kier alpha value is -3.53. The largest absolute Gasteiger partial charge is 0.462 e. The van der Waals surface area contributed by atoms with Crippen molar-refractivity contribution in [1.29, 1.82) is 5.26 Å². The van der Waals surface area contributed by atoms with E-state index in [0.29, 0.717) is 43.9 Å². The summed E-state index contributed by atoms with van der Waals surface area (Å²) >= 11 is 1.49. The highest BCUT2D eigenvalue weighted by Gasteiger charge is 2.25. The first kappa shape index (κ1) is 25.6. The number of nitriles is 1. The van der Waals surface area contributed by atoms with Crippen molar-refractivity contribution in [3.05, 3.63) is 53.6 Å². The van der Waals surface area contributed by atoms with Crippen molar-refractivity contribution in [2.45, 2.75) is 18.2 Å². The van der Waals surface area contributed by atoms with Gasteiger partial charge < -0.3 is 14.5 Å². The van der Waals surface area contributed by atoms with Crippen LogP contribution in [-0.2, 0) is 14.8 Å². The topological polar surface area (TPSA) is 133 Å². The average molecular weight is 528 g/mol. The highest BCUT2D eigenvalue weighted by molar-refractivity contribution is 7.89. The van der Waals surface area contributed by atoms with Gasteiger partial charge in [0.1, 0.15) is 0 Å². The van der Waals surface area contributed by atoms with Gasteiger partial charge in [0.15, 0.2) is 5.13 Å². The fourth-order valence-corrected chi connectivity index (χ4v) is 5.86. The third-order valence-electron chi connectivity index (χ3n) is 5.67. The Labute approximate surface area is 213 Å². The van der Waals surface area contributed by atoms with E-state index in [1.807, 2.05) is 12.1 Å². The summed E-state index contributed by atoms with van der Waals surface area (Å²) in [4.78, 5) is 33.5. The van der Waals surface area contributed by atoms with Gasteiger partial charge in [0, 0.05) is 44.7 Å². The molecule has 1 fully saturated rings. The number of nitrogens with zero attached hydrogens (tertiary/aromatic N) is 4. The Morgan fingerprint density at radius 2 is 1.81 bits per heavy atom. The maximum absolute atomic E-state index is 13.0. The Morgan fingerprint density at radius 1 is 1.11 bits per heavy atom. The van der Waals surface area contributed by atoms with Crippen LogP contribution in [0.2, 0.25) is 0 Å². The lowest BCUT2D eigenvalue weighted by atomic mass is 10.2. The number of benzene rings is 2. The molecule has 1 N–H and O–H groups in total. The van der Waals surface area contributed by atoms with E-state index in [2.05, 4.69) is 14.6 Å². The molecule has 188 valence electrons. The number of esters is 1. The monoisotopic (exact) mass is 527 g/mol. The van der Waals surface area contributed by atoms with E-state index in [0.717, 1.165) is 15.3 Å². The van der Waals surface area contributed by atoms with Gasteiger partial charge in [0.2, 0.25) is 10.0 Å². The lowest BCUT2D eigenvalue weighted by molar-refractivity contribution is 0.0526. The lowest BCUT2D eigenvalue weighted by Crippen LogP contribution is -2.48. The predicted molar refractivity (Wildman–Crippen MR) is 136 cm³/mol. The molecule has 0 saturated carbocycles. The normalized spacial score (nSPS) is 14.0. The molecular weight excluding hydrogens is 502 g/mol. The van der Waals surface area contributed by atoms with Crippen molar-refractivity contribution in [2.24, 2.45) is 0 Å². The van der Waals surface area contributed by atoms with Gasteiger partial charge in [-0.1, -0.05) is 11.3 Å². The van der Waals surface area contributed by atoms with E-state index in [1.165, 1.54) is 35.6 Å². The summed E-state index contributed by atoms with van der Waals surface area (Å²) in [5, 5.41) is 9.40. The summed E-state index contributed by atoms with van der Waals surface area (Å²) < 4.78 is 32.8. The number of hydrogen-bond acceptors (Lipinski definition) is 9. The molecule has 0 radical (unpaired) electrons. The molecule has 3 aromatic rings. The van der Waals surface area contributed by atoms with E-state index in [4.69, 9.17) is 10.00 Å². The number of carbonyl (C=O) groups is 2. The smallest absolute Gasteiger partial charge is 0.338 e. The van der Waals surface area contributed by atoms with Crippen LogP contribution >= 0.6 is 11.3 Å². The number of rotatable bonds is 8. The van der Waals surface area contributed by atoms with Gasteiger partial charge in [-0.15, -0.1) is 0 Å². The number of anilines is 1. The zero-order valence-corrected chi connectivity index (χ0v) is 21.3. The molecule has 1 aliphatic heterocycles. The third-order valence-corrected chi connectivity index (χ3v) is 8.22. The molecule has 12 heteroatoms. The maximum atomic E-state index is 13.0. The minimum Gasteiger partial charge on any atom is -0.462 e. The second-order valence-electron chi connectivity index (χ2n) is 8.01. The van der Waals surface area contributed by atoms with Crippen molar-refractivity contribution in [3.63, 3.8) is 0 Å². The molecule has 36 heavy (non-hydrogen) atoms. The maximum Gasteiger partial charge on any atom is 0.338 e. The number of thiazole rings is 1. The van der Waals surface area contributed by atoms with Crippen molar-refractivity contribution in [2.75, 3.05) is 44.2 Å². The Morgan fingerprint density at radius 3 is 2.47 bits per heavy atom. The lowest BCUT2D eigenvalue weighted by Gasteiger charge is -2.34. The van der Waals surface area contributed by atoms with E-state index in [9.17, 15) is 18.0 Å². The summed E-state index contributed by atoms with van der Waals surface area (Å²) in [6.07, 6.45) is 0.0768. The fourth-order valence-electron chi connectivity index (χ4n) is 3.77. The Balaban J connectivity index is 1.37. The second-order valence-corrected chi connectivity index (χ2v) is 10.8. The summed E-state index contributed by atoms with van der Waals surface area (Å²) in [7, 11) is -3.72. The first-order valence-electron chi connectivity index (χ1n) is 11.4. The minimum atomic E-state index is -3.72. The minimum absolute atomic E-state index is 0.0327. The number of aromatic nitrogens is 1. The zero-order valence-electron chi connectivity index (χ0n) is 19.6. The number of hydrogen-bond donors (Lipinski definition) is 1. The van der Waals surface area contributed by atoms with Gasteiger partial charge in [-0.25, -0.2) is 22.9 Å². The fraction of sp³-hybridized carbons (Fsp3) is 0.333. The number of carbonyl (C=O) groups excluding carboxylic acids is 2. The van der Waals surface area contributed by atoms with E-state index in [1.54, 1.807) is 24.0 Å². The Kier molecular flexibility index (Phi) is 7.83. The van der Waals surface area contributed by atoms with Crippen LogP contribution in [0.3, 0.4) is 0 Å². The number of fused-ring (bicyclic) bond motifs is 1. The SMILES string of the molecule is CCOC(=O)c1ccc2nc(N3CCN(C(=O)c4ccc(S(=O)(=O)NCCC#N)cc4)CC3)sc2c1. The van der Waals surface area contributed by atoms with Gasteiger partial charge >= 0.3 is 5.97 Å². The van der Waals surface area contributed by atoms with Gasteiger partial charge in [0.05, 0.1) is 33.4 Å². The highest BCUT2D eigenvalue weighted by atomic mass is 32.2. The Bertz CT molecular complexity index is 1400. The number of ether oxygens (including phenoxy) is 1. The van der Waals surface area contributed by atoms with Crippen LogP contribution in [0, 0.1) is 11.3 Å². The van der Waals surface area contributed by atoms with Gasteiger partial charge in [0.25, 0.3) is 5.91 Å². The highest BCUT2D eigenvalue weighted by Crippen LogP contribution is 2.30. The van der Waals surface area contributed by atoms with Crippen LogP contribution in [0.1, 0.15) is 34.1 Å². The van der Waals surface area contributed by atoms with Crippen molar-refractivity contribution in [1.82, 2.24) is 14.6 Å². The summed E-state index contributed by atoms with van der Waals surface area (Å²) in [6, 6.07) is 13.0. The van der Waals surface area contributed by atoms with Gasteiger partial charge in [-0.3, -0.25) is 4.79 Å². The quantitative estimate of drug-likeness (QED) is 0.349. The van der Waals surface area contributed by atoms with E-state index >= 15 is 0 Å². The molecule has 1 amide bonds. The molecule has 10 nitrogen and oxygen atoms in total. The summed E-state index contributed by atoms with van der Waals surface area (Å²) in [5.41, 5.74) is 1.70. The molecule has 1 aromatic heterocycles. The van der Waals surface area contributed by atoms with Crippen LogP contribution in [0.25, 0.3) is 10.2 Å².